The lowest BCUT2D eigenvalue weighted by molar-refractivity contribution is -0.121. The predicted octanol–water partition coefficient (Wildman–Crippen LogP) is 4.77. The minimum Gasteiger partial charge on any atom is -0.354 e. The van der Waals surface area contributed by atoms with E-state index in [-0.39, 0.29) is 30.1 Å². The third-order valence-electron chi connectivity index (χ3n) is 4.92. The van der Waals surface area contributed by atoms with Gasteiger partial charge in [0.05, 0.1) is 4.90 Å². The van der Waals surface area contributed by atoms with E-state index in [1.165, 1.54) is 12.1 Å². The van der Waals surface area contributed by atoms with Crippen molar-refractivity contribution >= 4 is 33.1 Å². The highest BCUT2D eigenvalue weighted by atomic mass is 35.5. The normalized spacial score (nSPS) is 12.2. The molecule has 0 spiro atoms. The van der Waals surface area contributed by atoms with Gasteiger partial charge in [-0.05, 0) is 54.1 Å². The van der Waals surface area contributed by atoms with Crippen molar-refractivity contribution in [2.45, 2.75) is 23.0 Å². The Balaban J connectivity index is 1.69. The summed E-state index contributed by atoms with van der Waals surface area (Å²) in [6.45, 7) is -0.183. The Bertz CT molecular complexity index is 1180. The maximum absolute atomic E-state index is 13.3. The lowest BCUT2D eigenvalue weighted by Gasteiger charge is -2.19. The third kappa shape index (κ3) is 6.02. The van der Waals surface area contributed by atoms with E-state index in [9.17, 15) is 22.4 Å². The number of ketones is 1. The van der Waals surface area contributed by atoms with Crippen LogP contribution in [-0.2, 0) is 14.6 Å². The van der Waals surface area contributed by atoms with Crippen LogP contribution in [0.25, 0.3) is 0 Å². The van der Waals surface area contributed by atoms with E-state index in [0.29, 0.717) is 16.1 Å². The largest absolute Gasteiger partial charge is 0.354 e. The van der Waals surface area contributed by atoms with E-state index in [0.717, 1.165) is 12.1 Å². The molecule has 0 aliphatic heterocycles. The zero-order valence-electron chi connectivity index (χ0n) is 17.0. The fourth-order valence-corrected chi connectivity index (χ4v) is 4.95. The Morgan fingerprint density at radius 1 is 0.875 bits per heavy atom. The Hall–Kier alpha value is -3.03. The highest BCUT2D eigenvalue weighted by molar-refractivity contribution is 7.91. The van der Waals surface area contributed by atoms with Crippen LogP contribution in [0.2, 0.25) is 5.02 Å². The first kappa shape index (κ1) is 23.6. The Labute approximate surface area is 191 Å². The molecule has 0 saturated carbocycles. The molecule has 0 aliphatic carbocycles. The summed E-state index contributed by atoms with van der Waals surface area (Å²) >= 11 is 5.81. The first-order chi connectivity index (χ1) is 15.3. The summed E-state index contributed by atoms with van der Waals surface area (Å²) in [5.41, 5.74) is 0.942. The molecule has 32 heavy (non-hydrogen) atoms. The Morgan fingerprint density at radius 3 is 2.12 bits per heavy atom. The van der Waals surface area contributed by atoms with Crippen molar-refractivity contribution in [2.75, 3.05) is 6.54 Å². The van der Waals surface area contributed by atoms with Crippen LogP contribution in [0.3, 0.4) is 0 Å². The van der Waals surface area contributed by atoms with Crippen molar-refractivity contribution in [1.29, 1.82) is 0 Å². The van der Waals surface area contributed by atoms with E-state index in [1.54, 1.807) is 54.6 Å². The molecule has 0 saturated heterocycles. The average Bonchev–Trinajstić information content (AvgIpc) is 2.79. The number of sulfone groups is 1. The van der Waals surface area contributed by atoms with E-state index in [4.69, 9.17) is 11.6 Å². The number of hydrogen-bond donors (Lipinski definition) is 1. The number of nitrogens with one attached hydrogen (secondary N) is 1. The van der Waals surface area contributed by atoms with E-state index in [1.807, 2.05) is 0 Å². The van der Waals surface area contributed by atoms with Crippen molar-refractivity contribution in [3.63, 3.8) is 0 Å². The maximum atomic E-state index is 13.3. The molecular formula is C24H21ClFNO4S. The first-order valence-corrected chi connectivity index (χ1v) is 11.8. The second-order valence-corrected chi connectivity index (χ2v) is 9.70. The third-order valence-corrected chi connectivity index (χ3v) is 7.29. The van der Waals surface area contributed by atoms with Crippen molar-refractivity contribution in [3.05, 3.63) is 101 Å². The summed E-state index contributed by atoms with van der Waals surface area (Å²) in [7, 11) is -3.91. The van der Waals surface area contributed by atoms with Gasteiger partial charge in [0.2, 0.25) is 5.91 Å². The van der Waals surface area contributed by atoms with E-state index >= 15 is 0 Å². The van der Waals surface area contributed by atoms with Crippen molar-refractivity contribution in [2.24, 2.45) is 0 Å². The molecule has 0 aliphatic rings. The second kappa shape index (κ2) is 10.5. The van der Waals surface area contributed by atoms with Crippen LogP contribution in [-0.4, -0.2) is 26.7 Å². The molecule has 3 aromatic rings. The number of hydrogen-bond acceptors (Lipinski definition) is 4. The summed E-state index contributed by atoms with van der Waals surface area (Å²) in [5.74, 6) is -1.20. The standard InChI is InChI=1S/C24H21ClFNO4S/c25-19-8-6-17(7-9-19)22(28)14-15-24(29)27-16-23(18-4-2-1-3-5-18)32(30,31)21-12-10-20(26)11-13-21/h1-13,23H,14-16H2,(H,27,29). The molecule has 8 heteroatoms. The number of Topliss-reactive ketones (excluding diaryl/α,β-unsaturated/α-hetero) is 1. The number of amides is 1. The number of rotatable bonds is 9. The molecule has 1 unspecified atom stereocenters. The molecule has 1 amide bonds. The van der Waals surface area contributed by atoms with Crippen LogP contribution in [0, 0.1) is 5.82 Å². The molecule has 0 radical (unpaired) electrons. The van der Waals surface area contributed by atoms with Crippen LogP contribution in [0.15, 0.2) is 83.8 Å². The summed E-state index contributed by atoms with van der Waals surface area (Å²) in [4.78, 5) is 24.5. The van der Waals surface area contributed by atoms with Crippen molar-refractivity contribution < 1.29 is 22.4 Å². The zero-order chi connectivity index (χ0) is 23.1. The summed E-state index contributed by atoms with van der Waals surface area (Å²) < 4.78 is 39.7. The highest BCUT2D eigenvalue weighted by Gasteiger charge is 2.29. The van der Waals surface area contributed by atoms with Gasteiger partial charge < -0.3 is 5.32 Å². The molecule has 0 heterocycles. The molecule has 1 atom stereocenters. The molecule has 5 nitrogen and oxygen atoms in total. The lowest BCUT2D eigenvalue weighted by atomic mass is 10.1. The molecule has 3 aromatic carbocycles. The molecular weight excluding hydrogens is 453 g/mol. The van der Waals surface area contributed by atoms with Gasteiger partial charge in [0.25, 0.3) is 0 Å². The molecule has 0 bridgehead atoms. The fraction of sp³-hybridized carbons (Fsp3) is 0.167. The quantitative estimate of drug-likeness (QED) is 0.358. The second-order valence-electron chi connectivity index (χ2n) is 7.13. The summed E-state index contributed by atoms with van der Waals surface area (Å²) in [5, 5.41) is 2.06. The molecule has 3 rings (SSSR count). The highest BCUT2D eigenvalue weighted by Crippen LogP contribution is 2.28. The minimum atomic E-state index is -3.91. The van der Waals surface area contributed by atoms with Gasteiger partial charge in [-0.3, -0.25) is 9.59 Å². The molecule has 1 N–H and O–H groups in total. The van der Waals surface area contributed by atoms with Gasteiger partial charge in [-0.25, -0.2) is 12.8 Å². The van der Waals surface area contributed by atoms with Gasteiger partial charge in [-0.1, -0.05) is 41.9 Å². The van der Waals surface area contributed by atoms with Crippen LogP contribution in [0.4, 0.5) is 4.39 Å². The van der Waals surface area contributed by atoms with Crippen LogP contribution in [0.5, 0.6) is 0 Å². The van der Waals surface area contributed by atoms with Gasteiger partial charge in [0.15, 0.2) is 15.6 Å². The number of carbonyl (C=O) groups excluding carboxylic acids is 2. The predicted molar refractivity (Wildman–Crippen MR) is 121 cm³/mol. The van der Waals surface area contributed by atoms with Crippen molar-refractivity contribution in [1.82, 2.24) is 5.32 Å². The first-order valence-electron chi connectivity index (χ1n) is 9.87. The zero-order valence-corrected chi connectivity index (χ0v) is 18.6. The topological polar surface area (TPSA) is 80.3 Å². The summed E-state index contributed by atoms with van der Waals surface area (Å²) in [6, 6.07) is 19.4. The smallest absolute Gasteiger partial charge is 0.220 e. The number of carbonyl (C=O) groups is 2. The number of halogens is 2. The monoisotopic (exact) mass is 473 g/mol. The fourth-order valence-electron chi connectivity index (χ4n) is 3.17. The Morgan fingerprint density at radius 2 is 1.50 bits per heavy atom. The number of benzene rings is 3. The van der Waals surface area contributed by atoms with Crippen LogP contribution in [0.1, 0.15) is 34.0 Å². The molecule has 0 fully saturated rings. The van der Waals surface area contributed by atoms with Crippen LogP contribution < -0.4 is 5.32 Å². The molecule has 166 valence electrons. The SMILES string of the molecule is O=C(CCC(=O)c1ccc(Cl)cc1)NCC(c1ccccc1)S(=O)(=O)c1ccc(F)cc1. The molecule has 0 aromatic heterocycles. The maximum Gasteiger partial charge on any atom is 0.220 e. The van der Waals surface area contributed by atoms with Gasteiger partial charge >= 0.3 is 0 Å². The minimum absolute atomic E-state index is 0.0197. The lowest BCUT2D eigenvalue weighted by Crippen LogP contribution is -2.32. The summed E-state index contributed by atoms with van der Waals surface area (Å²) in [6.07, 6.45) is -0.103. The van der Waals surface area contributed by atoms with E-state index < -0.39 is 26.8 Å². The van der Waals surface area contributed by atoms with E-state index in [2.05, 4.69) is 5.32 Å². The Kier molecular flexibility index (Phi) is 7.77. The van der Waals surface area contributed by atoms with Gasteiger partial charge in [-0.2, -0.15) is 0 Å². The van der Waals surface area contributed by atoms with Crippen LogP contribution >= 0.6 is 11.6 Å². The van der Waals surface area contributed by atoms with Gasteiger partial charge in [0.1, 0.15) is 11.1 Å². The van der Waals surface area contributed by atoms with Crippen molar-refractivity contribution in [3.8, 4) is 0 Å². The van der Waals surface area contributed by atoms with Gasteiger partial charge in [0, 0.05) is 30.0 Å². The van der Waals surface area contributed by atoms with Gasteiger partial charge in [-0.15, -0.1) is 0 Å². The average molecular weight is 474 g/mol.